The van der Waals surface area contributed by atoms with Crippen molar-refractivity contribution in [2.75, 3.05) is 24.6 Å². The van der Waals surface area contributed by atoms with Crippen LogP contribution in [0, 0.1) is 24.4 Å². The molecule has 1 fully saturated rings. The van der Waals surface area contributed by atoms with E-state index in [0.717, 1.165) is 16.7 Å². The number of nitrogens with zero attached hydrogens (tertiary/aromatic N) is 5. The second-order valence-electron chi connectivity index (χ2n) is 11.4. The third-order valence-electron chi connectivity index (χ3n) is 8.31. The number of aromatic hydroxyl groups is 1. The molecule has 2 atom stereocenters. The van der Waals surface area contributed by atoms with E-state index in [0.29, 0.717) is 11.3 Å². The van der Waals surface area contributed by atoms with E-state index in [1.54, 1.807) is 29.0 Å². The number of ether oxygens (including phenoxy) is 1. The number of anilines is 1. The third kappa shape index (κ3) is 4.30. The van der Waals surface area contributed by atoms with Crippen molar-refractivity contribution in [3.05, 3.63) is 82.3 Å². The van der Waals surface area contributed by atoms with Gasteiger partial charge in [0.2, 0.25) is 5.91 Å². The molecule has 9 nitrogen and oxygen atoms in total. The molecule has 0 saturated carbocycles. The van der Waals surface area contributed by atoms with Crippen molar-refractivity contribution >= 4 is 22.6 Å². The molecule has 228 valence electrons. The number of fused-ring (bicyclic) bond motifs is 2. The zero-order valence-corrected chi connectivity index (χ0v) is 24.6. The number of phenolic OH excluding ortho intramolecular Hbond substituents is 1. The van der Waals surface area contributed by atoms with Gasteiger partial charge in [0.15, 0.2) is 17.4 Å². The van der Waals surface area contributed by atoms with Crippen molar-refractivity contribution in [1.82, 2.24) is 19.4 Å². The van der Waals surface area contributed by atoms with Gasteiger partial charge in [0, 0.05) is 25.3 Å². The molecule has 4 aromatic rings. The van der Waals surface area contributed by atoms with Crippen molar-refractivity contribution in [2.45, 2.75) is 45.7 Å². The van der Waals surface area contributed by atoms with Gasteiger partial charge in [-0.25, -0.2) is 18.0 Å². The van der Waals surface area contributed by atoms with E-state index in [-0.39, 0.29) is 54.5 Å². The molecular weight excluding hydrogens is 575 g/mol. The molecule has 2 aliphatic heterocycles. The van der Waals surface area contributed by atoms with Gasteiger partial charge in [-0.2, -0.15) is 4.98 Å². The Morgan fingerprint density at radius 1 is 1.16 bits per heavy atom. The number of pyridine rings is 1. The summed E-state index contributed by atoms with van der Waals surface area (Å²) >= 11 is 0. The lowest BCUT2D eigenvalue weighted by molar-refractivity contribution is -0.129. The molecule has 1 N–H and O–H groups in total. The molecule has 1 saturated heterocycles. The highest BCUT2D eigenvalue weighted by molar-refractivity contribution is 6.01. The summed E-state index contributed by atoms with van der Waals surface area (Å²) in [4.78, 5) is 38.8. The van der Waals surface area contributed by atoms with Gasteiger partial charge in [0.25, 0.3) is 0 Å². The minimum absolute atomic E-state index is 0.0222. The number of hydrogen-bond donors (Lipinski definition) is 1. The number of phenols is 1. The Balaban J connectivity index is 1.77. The van der Waals surface area contributed by atoms with Crippen molar-refractivity contribution in [3.8, 4) is 28.3 Å². The minimum atomic E-state index is -1.28. The Kier molecular flexibility index (Phi) is 7.10. The van der Waals surface area contributed by atoms with Gasteiger partial charge in [-0.1, -0.05) is 26.5 Å². The van der Waals surface area contributed by atoms with Crippen LogP contribution >= 0.6 is 0 Å². The summed E-state index contributed by atoms with van der Waals surface area (Å²) in [6, 6.07) is 3.98. The number of aryl methyl sites for hydroxylation is 1. The van der Waals surface area contributed by atoms with Crippen molar-refractivity contribution in [2.24, 2.45) is 0 Å². The van der Waals surface area contributed by atoms with Crippen LogP contribution in [0.25, 0.3) is 27.7 Å². The van der Waals surface area contributed by atoms with Gasteiger partial charge in [-0.05, 0) is 49.6 Å². The van der Waals surface area contributed by atoms with Crippen LogP contribution in [0.3, 0.4) is 0 Å². The third-order valence-corrected chi connectivity index (χ3v) is 8.31. The quantitative estimate of drug-likeness (QED) is 0.328. The number of carbonyl (C=O) groups excluding carboxylic acids is 1. The molecule has 2 aliphatic rings. The number of aromatic nitrogens is 3. The fourth-order valence-corrected chi connectivity index (χ4v) is 6.22. The summed E-state index contributed by atoms with van der Waals surface area (Å²) in [7, 11) is 0. The Bertz CT molecular complexity index is 1900. The van der Waals surface area contributed by atoms with Crippen LogP contribution in [0.5, 0.6) is 11.5 Å². The maximum absolute atomic E-state index is 17.1. The Morgan fingerprint density at radius 2 is 1.91 bits per heavy atom. The Labute approximate surface area is 250 Å². The molecule has 0 spiro atoms. The first-order valence-electron chi connectivity index (χ1n) is 14.2. The van der Waals surface area contributed by atoms with E-state index in [4.69, 9.17) is 4.74 Å². The predicted molar refractivity (Wildman–Crippen MR) is 159 cm³/mol. The molecule has 2 unspecified atom stereocenters. The van der Waals surface area contributed by atoms with Crippen molar-refractivity contribution in [1.29, 1.82) is 0 Å². The van der Waals surface area contributed by atoms with Gasteiger partial charge in [0.05, 0.1) is 33.9 Å². The summed E-state index contributed by atoms with van der Waals surface area (Å²) in [6.07, 6.45) is 2.77. The lowest BCUT2D eigenvalue weighted by Crippen LogP contribution is -2.60. The van der Waals surface area contributed by atoms with Gasteiger partial charge in [-0.15, -0.1) is 0 Å². The summed E-state index contributed by atoms with van der Waals surface area (Å²) in [5.41, 5.74) is -1.59. The van der Waals surface area contributed by atoms with Gasteiger partial charge < -0.3 is 19.6 Å². The first-order valence-corrected chi connectivity index (χ1v) is 14.2. The van der Waals surface area contributed by atoms with E-state index in [9.17, 15) is 14.7 Å². The molecule has 0 radical (unpaired) electrons. The van der Waals surface area contributed by atoms with E-state index >= 15 is 13.2 Å². The Hall–Kier alpha value is -4.87. The average molecular weight is 606 g/mol. The molecule has 0 bridgehead atoms. The van der Waals surface area contributed by atoms with Crippen LogP contribution in [-0.2, 0) is 4.79 Å². The summed E-state index contributed by atoms with van der Waals surface area (Å²) in [5, 5.41) is 10.5. The maximum Gasteiger partial charge on any atom is 0.354 e. The SMILES string of the molecule is C=CC(=O)N1CC2COc3c(F)c(-c4c(O)cccc4F)c(F)c4c3c(nc(=O)n4-c3c(C)ccnc3C(C)C)N2CC1C. The summed E-state index contributed by atoms with van der Waals surface area (Å²) < 4.78 is 55.9. The lowest BCUT2D eigenvalue weighted by atomic mass is 9.98. The molecule has 12 heteroatoms. The van der Waals surface area contributed by atoms with E-state index in [2.05, 4.69) is 16.5 Å². The highest BCUT2D eigenvalue weighted by Gasteiger charge is 2.41. The van der Waals surface area contributed by atoms with Gasteiger partial charge in [0.1, 0.15) is 29.5 Å². The van der Waals surface area contributed by atoms with Crippen molar-refractivity contribution < 1.29 is 27.8 Å². The van der Waals surface area contributed by atoms with Gasteiger partial charge >= 0.3 is 5.69 Å². The molecule has 2 aromatic carbocycles. The van der Waals surface area contributed by atoms with Crippen LogP contribution in [0.2, 0.25) is 0 Å². The fourth-order valence-electron chi connectivity index (χ4n) is 6.22. The second-order valence-corrected chi connectivity index (χ2v) is 11.4. The number of hydrogen-bond acceptors (Lipinski definition) is 7. The first kappa shape index (κ1) is 29.2. The second kappa shape index (κ2) is 10.7. The molecular formula is C32H30F3N5O4. The Morgan fingerprint density at radius 3 is 2.59 bits per heavy atom. The highest BCUT2D eigenvalue weighted by atomic mass is 19.1. The number of benzene rings is 2. The topological polar surface area (TPSA) is 101 Å². The first-order chi connectivity index (χ1) is 21.0. The van der Waals surface area contributed by atoms with Gasteiger partial charge in [-0.3, -0.25) is 14.3 Å². The molecule has 0 aliphatic carbocycles. The van der Waals surface area contributed by atoms with E-state index in [1.165, 1.54) is 12.1 Å². The number of rotatable bonds is 4. The van der Waals surface area contributed by atoms with Crippen LogP contribution in [0.1, 0.15) is 37.9 Å². The zero-order chi connectivity index (χ0) is 31.6. The summed E-state index contributed by atoms with van der Waals surface area (Å²) in [5.74, 6) is -5.31. The van der Waals surface area contributed by atoms with Crippen LogP contribution in [0.15, 0.2) is 47.9 Å². The smallest absolute Gasteiger partial charge is 0.354 e. The zero-order valence-electron chi connectivity index (χ0n) is 24.6. The number of carbonyl (C=O) groups is 1. The molecule has 2 aromatic heterocycles. The molecule has 4 heterocycles. The molecule has 44 heavy (non-hydrogen) atoms. The number of piperazine rings is 1. The maximum atomic E-state index is 17.1. The standard InChI is InChI=1S/C32H30F3N5O4/c1-6-21(42)38-13-18-14-44-30-24-29(25(34)23(26(30)35)22-19(33)8-7-9-20(22)41)40(28-16(4)10-11-36-27(28)15(2)3)32(43)37-31(24)39(18)12-17(38)5/h6-11,15,17-18,41H,1,12-14H2,2-5H3. The predicted octanol–water partition coefficient (Wildman–Crippen LogP) is 4.99. The fraction of sp³-hybridized carbons (Fsp3) is 0.312. The minimum Gasteiger partial charge on any atom is -0.507 e. The highest BCUT2D eigenvalue weighted by Crippen LogP contribution is 2.47. The normalized spacial score (nSPS) is 17.8. The van der Waals surface area contributed by atoms with Crippen molar-refractivity contribution in [3.63, 3.8) is 0 Å². The largest absolute Gasteiger partial charge is 0.507 e. The number of halogens is 3. The monoisotopic (exact) mass is 605 g/mol. The average Bonchev–Trinajstić information content (AvgIpc) is 3.13. The van der Waals surface area contributed by atoms with Crippen LogP contribution in [0.4, 0.5) is 19.0 Å². The molecule has 6 rings (SSSR count). The van der Waals surface area contributed by atoms with Crippen LogP contribution < -0.4 is 15.3 Å². The summed E-state index contributed by atoms with van der Waals surface area (Å²) in [6.45, 7) is 11.0. The molecule has 1 amide bonds. The number of amides is 1. The lowest BCUT2D eigenvalue weighted by Gasteiger charge is -2.44. The van der Waals surface area contributed by atoms with E-state index in [1.807, 2.05) is 20.8 Å². The van der Waals surface area contributed by atoms with E-state index < -0.39 is 57.3 Å². The van der Waals surface area contributed by atoms with Crippen LogP contribution in [-0.4, -0.2) is 62.2 Å².